The van der Waals surface area contributed by atoms with Gasteiger partial charge in [-0.25, -0.2) is 13.1 Å². The highest BCUT2D eigenvalue weighted by molar-refractivity contribution is 7.89. The molecule has 0 fully saturated rings. The van der Waals surface area contributed by atoms with Crippen molar-refractivity contribution in [2.24, 2.45) is 0 Å². The molecule has 1 aromatic carbocycles. The number of sulfonamides is 1. The smallest absolute Gasteiger partial charge is 0.240 e. The van der Waals surface area contributed by atoms with E-state index in [1.807, 2.05) is 0 Å². The summed E-state index contributed by atoms with van der Waals surface area (Å²) in [6.45, 7) is 5.89. The molecule has 1 aromatic rings. The van der Waals surface area contributed by atoms with E-state index in [9.17, 15) is 13.5 Å². The molecule has 3 N–H and O–H groups in total. The Morgan fingerprint density at radius 2 is 1.78 bits per heavy atom. The Hall–Kier alpha value is -1.11. The summed E-state index contributed by atoms with van der Waals surface area (Å²) >= 11 is 0. The summed E-state index contributed by atoms with van der Waals surface area (Å²) in [5.41, 5.74) is -0.0401. The van der Waals surface area contributed by atoms with Gasteiger partial charge in [0.2, 0.25) is 10.0 Å². The van der Waals surface area contributed by atoms with E-state index in [0.29, 0.717) is 13.1 Å². The summed E-state index contributed by atoms with van der Waals surface area (Å²) in [5.74, 6) is 0. The van der Waals surface area contributed by atoms with Gasteiger partial charge in [-0.15, -0.1) is 0 Å². The number of aliphatic hydroxyl groups is 1. The third-order valence-corrected chi connectivity index (χ3v) is 3.79. The molecular weight excluding hydrogens is 252 g/mol. The summed E-state index contributed by atoms with van der Waals surface area (Å²) in [4.78, 5) is 0.234. The van der Waals surface area contributed by atoms with Crippen molar-refractivity contribution in [3.8, 4) is 0 Å². The molecule has 0 aliphatic rings. The van der Waals surface area contributed by atoms with Crippen LogP contribution >= 0.6 is 0 Å². The van der Waals surface area contributed by atoms with Gasteiger partial charge in [-0.3, -0.25) is 0 Å². The van der Waals surface area contributed by atoms with Gasteiger partial charge in [-0.1, -0.05) is 6.92 Å². The molecule has 0 heterocycles. The number of hydrogen-bond acceptors (Lipinski definition) is 4. The van der Waals surface area contributed by atoms with Gasteiger partial charge < -0.3 is 10.4 Å². The van der Waals surface area contributed by atoms with E-state index in [4.69, 9.17) is 0 Å². The minimum absolute atomic E-state index is 0.234. The monoisotopic (exact) mass is 272 g/mol. The first kappa shape index (κ1) is 14.9. The molecule has 0 aromatic heterocycles. The average Bonchev–Trinajstić information content (AvgIpc) is 2.26. The minimum atomic E-state index is -3.40. The standard InChI is InChI=1S/C12H20N2O3S/c1-4-14-18(16,17)11-7-5-10(6-8-11)13-9-12(2,3)15/h5-8,13-15H,4,9H2,1-3H3. The van der Waals surface area contributed by atoms with E-state index in [0.717, 1.165) is 5.69 Å². The van der Waals surface area contributed by atoms with E-state index >= 15 is 0 Å². The number of benzene rings is 1. The fraction of sp³-hybridized carbons (Fsp3) is 0.500. The summed E-state index contributed by atoms with van der Waals surface area (Å²) in [5, 5.41) is 12.6. The zero-order valence-electron chi connectivity index (χ0n) is 10.9. The summed E-state index contributed by atoms with van der Waals surface area (Å²) in [6, 6.07) is 6.42. The Morgan fingerprint density at radius 1 is 1.22 bits per heavy atom. The molecule has 102 valence electrons. The molecule has 0 saturated heterocycles. The third kappa shape index (κ3) is 4.64. The molecule has 0 unspecified atom stereocenters. The topological polar surface area (TPSA) is 78.4 Å². The molecule has 0 bridgehead atoms. The number of rotatable bonds is 6. The lowest BCUT2D eigenvalue weighted by Gasteiger charge is -2.18. The quantitative estimate of drug-likeness (QED) is 0.726. The van der Waals surface area contributed by atoms with E-state index in [1.165, 1.54) is 12.1 Å². The van der Waals surface area contributed by atoms with Crippen LogP contribution < -0.4 is 10.0 Å². The maximum Gasteiger partial charge on any atom is 0.240 e. The highest BCUT2D eigenvalue weighted by Crippen LogP contribution is 2.14. The SMILES string of the molecule is CCNS(=O)(=O)c1ccc(NCC(C)(C)O)cc1. The lowest BCUT2D eigenvalue weighted by Crippen LogP contribution is -2.29. The Labute approximate surface area is 108 Å². The summed E-state index contributed by atoms with van der Waals surface area (Å²) < 4.78 is 25.8. The molecule has 5 nitrogen and oxygen atoms in total. The van der Waals surface area contributed by atoms with Crippen LogP contribution in [0.2, 0.25) is 0 Å². The van der Waals surface area contributed by atoms with Crippen LogP contribution in [0.5, 0.6) is 0 Å². The van der Waals surface area contributed by atoms with Crippen LogP contribution in [0.1, 0.15) is 20.8 Å². The van der Waals surface area contributed by atoms with Crippen LogP contribution in [0.3, 0.4) is 0 Å². The Kier molecular flexibility index (Phi) is 4.72. The minimum Gasteiger partial charge on any atom is -0.389 e. The molecule has 18 heavy (non-hydrogen) atoms. The molecule has 0 aliphatic heterocycles. The first-order valence-electron chi connectivity index (χ1n) is 5.80. The maximum absolute atomic E-state index is 11.7. The van der Waals surface area contributed by atoms with Crippen LogP contribution in [0.15, 0.2) is 29.2 Å². The molecule has 0 spiro atoms. The van der Waals surface area contributed by atoms with Gasteiger partial charge in [0.25, 0.3) is 0 Å². The van der Waals surface area contributed by atoms with E-state index in [-0.39, 0.29) is 4.90 Å². The van der Waals surface area contributed by atoms with E-state index in [2.05, 4.69) is 10.0 Å². The Bertz CT molecular complexity index is 475. The second-order valence-corrected chi connectivity index (χ2v) is 6.46. The normalized spacial score (nSPS) is 12.4. The second-order valence-electron chi connectivity index (χ2n) is 4.69. The molecule has 0 saturated carbocycles. The number of nitrogens with one attached hydrogen (secondary N) is 2. The molecule has 0 radical (unpaired) electrons. The average molecular weight is 272 g/mol. The van der Waals surface area contributed by atoms with Crippen molar-refractivity contribution in [3.05, 3.63) is 24.3 Å². The van der Waals surface area contributed by atoms with Crippen LogP contribution in [-0.2, 0) is 10.0 Å². The predicted molar refractivity (Wildman–Crippen MR) is 72.1 cm³/mol. The molecule has 6 heteroatoms. The molecule has 0 aliphatic carbocycles. The van der Waals surface area contributed by atoms with E-state index in [1.54, 1.807) is 32.9 Å². The Morgan fingerprint density at radius 3 is 2.22 bits per heavy atom. The van der Waals surface area contributed by atoms with Gasteiger partial charge in [-0.2, -0.15) is 0 Å². The van der Waals surface area contributed by atoms with Crippen LogP contribution in [0, 0.1) is 0 Å². The van der Waals surface area contributed by atoms with Crippen LogP contribution in [0.4, 0.5) is 5.69 Å². The highest BCUT2D eigenvalue weighted by Gasteiger charge is 2.13. The fourth-order valence-corrected chi connectivity index (χ4v) is 2.38. The van der Waals surface area contributed by atoms with Crippen molar-refractivity contribution in [1.29, 1.82) is 0 Å². The van der Waals surface area contributed by atoms with Gasteiger partial charge in [0.1, 0.15) is 0 Å². The number of hydrogen-bond donors (Lipinski definition) is 3. The van der Waals surface area contributed by atoms with Crippen molar-refractivity contribution in [2.45, 2.75) is 31.3 Å². The van der Waals surface area contributed by atoms with Crippen LogP contribution in [-0.4, -0.2) is 32.2 Å². The zero-order chi connectivity index (χ0) is 13.8. The highest BCUT2D eigenvalue weighted by atomic mass is 32.2. The lowest BCUT2D eigenvalue weighted by atomic mass is 10.1. The lowest BCUT2D eigenvalue weighted by molar-refractivity contribution is 0.0945. The first-order valence-corrected chi connectivity index (χ1v) is 7.29. The maximum atomic E-state index is 11.7. The van der Waals surface area contributed by atoms with Crippen molar-refractivity contribution < 1.29 is 13.5 Å². The van der Waals surface area contributed by atoms with E-state index < -0.39 is 15.6 Å². The summed E-state index contributed by atoms with van der Waals surface area (Å²) in [7, 11) is -3.40. The Balaban J connectivity index is 2.75. The molecule has 0 amide bonds. The van der Waals surface area contributed by atoms with Gasteiger partial charge in [0.05, 0.1) is 10.5 Å². The second kappa shape index (κ2) is 5.69. The van der Waals surface area contributed by atoms with Gasteiger partial charge in [0.15, 0.2) is 0 Å². The third-order valence-electron chi connectivity index (χ3n) is 2.22. The first-order chi connectivity index (χ1) is 8.24. The van der Waals surface area contributed by atoms with Crippen molar-refractivity contribution >= 4 is 15.7 Å². The van der Waals surface area contributed by atoms with Gasteiger partial charge in [0, 0.05) is 18.8 Å². The van der Waals surface area contributed by atoms with Crippen LogP contribution in [0.25, 0.3) is 0 Å². The number of anilines is 1. The molecule has 1 rings (SSSR count). The fourth-order valence-electron chi connectivity index (χ4n) is 1.34. The molecule has 0 atom stereocenters. The van der Waals surface area contributed by atoms with Gasteiger partial charge >= 0.3 is 0 Å². The van der Waals surface area contributed by atoms with Crippen molar-refractivity contribution in [1.82, 2.24) is 4.72 Å². The molecular formula is C12H20N2O3S. The van der Waals surface area contributed by atoms with Gasteiger partial charge in [-0.05, 0) is 38.1 Å². The van der Waals surface area contributed by atoms with Crippen molar-refractivity contribution in [3.63, 3.8) is 0 Å². The van der Waals surface area contributed by atoms with Crippen molar-refractivity contribution in [2.75, 3.05) is 18.4 Å². The predicted octanol–water partition coefficient (Wildman–Crippen LogP) is 1.17. The largest absolute Gasteiger partial charge is 0.389 e. The zero-order valence-corrected chi connectivity index (χ0v) is 11.7. The summed E-state index contributed by atoms with van der Waals surface area (Å²) in [6.07, 6.45) is 0.